The van der Waals surface area contributed by atoms with Crippen LogP contribution in [-0.2, 0) is 14.3 Å². The summed E-state index contributed by atoms with van der Waals surface area (Å²) in [5, 5.41) is 4.54. The van der Waals surface area contributed by atoms with Gasteiger partial charge in [0.25, 0.3) is 0 Å². The van der Waals surface area contributed by atoms with E-state index >= 15 is 0 Å². The minimum Gasteiger partial charge on any atom is -0.466 e. The molecule has 0 aliphatic heterocycles. The fourth-order valence-corrected chi connectivity index (χ4v) is 0.807. The number of rotatable bonds is 6. The SMILES string of the molecule is CCOC(=O)CCNCC(=O)NC(N)=O. The summed E-state index contributed by atoms with van der Waals surface area (Å²) in [6.45, 7) is 2.29. The third-order valence-corrected chi connectivity index (χ3v) is 1.36. The molecular weight excluding hydrogens is 202 g/mol. The molecule has 0 saturated heterocycles. The van der Waals surface area contributed by atoms with Crippen molar-refractivity contribution in [1.29, 1.82) is 0 Å². The summed E-state index contributed by atoms with van der Waals surface area (Å²) < 4.78 is 4.66. The van der Waals surface area contributed by atoms with Gasteiger partial charge in [0.15, 0.2) is 0 Å². The number of hydrogen-bond acceptors (Lipinski definition) is 5. The number of imide groups is 1. The van der Waals surface area contributed by atoms with Gasteiger partial charge >= 0.3 is 12.0 Å². The molecule has 3 amide bonds. The van der Waals surface area contributed by atoms with E-state index in [1.54, 1.807) is 6.92 Å². The van der Waals surface area contributed by atoms with Crippen molar-refractivity contribution in [2.75, 3.05) is 19.7 Å². The van der Waals surface area contributed by atoms with Crippen LogP contribution in [0.25, 0.3) is 0 Å². The van der Waals surface area contributed by atoms with Crippen molar-refractivity contribution in [3.05, 3.63) is 0 Å². The molecule has 0 aromatic carbocycles. The van der Waals surface area contributed by atoms with E-state index in [0.717, 1.165) is 0 Å². The van der Waals surface area contributed by atoms with Crippen LogP contribution in [0.5, 0.6) is 0 Å². The van der Waals surface area contributed by atoms with Gasteiger partial charge < -0.3 is 15.8 Å². The zero-order valence-electron chi connectivity index (χ0n) is 8.54. The lowest BCUT2D eigenvalue weighted by atomic mass is 10.4. The highest BCUT2D eigenvalue weighted by Crippen LogP contribution is 1.83. The van der Waals surface area contributed by atoms with Crippen molar-refractivity contribution in [3.63, 3.8) is 0 Å². The summed E-state index contributed by atoms with van der Waals surface area (Å²) in [5.74, 6) is -0.869. The van der Waals surface area contributed by atoms with Gasteiger partial charge in [-0.05, 0) is 6.92 Å². The second kappa shape index (κ2) is 7.74. The molecule has 0 fully saturated rings. The molecule has 0 aromatic heterocycles. The summed E-state index contributed by atoms with van der Waals surface area (Å²) >= 11 is 0. The Labute approximate surface area is 87.3 Å². The van der Waals surface area contributed by atoms with Crippen LogP contribution in [0.15, 0.2) is 0 Å². The van der Waals surface area contributed by atoms with Gasteiger partial charge in [-0.3, -0.25) is 14.9 Å². The molecule has 15 heavy (non-hydrogen) atoms. The molecule has 0 spiro atoms. The molecule has 0 atom stereocenters. The van der Waals surface area contributed by atoms with E-state index in [9.17, 15) is 14.4 Å². The average molecular weight is 217 g/mol. The molecule has 4 N–H and O–H groups in total. The molecule has 7 nitrogen and oxygen atoms in total. The fraction of sp³-hybridized carbons (Fsp3) is 0.625. The van der Waals surface area contributed by atoms with Crippen LogP contribution in [0.1, 0.15) is 13.3 Å². The Hall–Kier alpha value is -1.63. The second-order valence-electron chi connectivity index (χ2n) is 2.64. The van der Waals surface area contributed by atoms with E-state index in [1.165, 1.54) is 0 Å². The van der Waals surface area contributed by atoms with E-state index in [0.29, 0.717) is 13.2 Å². The summed E-state index contributed by atoms with van der Waals surface area (Å²) in [6, 6.07) is -0.896. The molecule has 0 heterocycles. The normalized spacial score (nSPS) is 9.40. The largest absolute Gasteiger partial charge is 0.466 e. The number of urea groups is 1. The Morgan fingerprint density at radius 2 is 2.00 bits per heavy atom. The summed E-state index contributed by atoms with van der Waals surface area (Å²) in [5.41, 5.74) is 4.71. The molecule has 0 bridgehead atoms. The topological polar surface area (TPSA) is 111 Å². The van der Waals surface area contributed by atoms with Crippen molar-refractivity contribution in [3.8, 4) is 0 Å². The third-order valence-electron chi connectivity index (χ3n) is 1.36. The number of esters is 1. The van der Waals surface area contributed by atoms with E-state index in [2.05, 4.69) is 10.1 Å². The van der Waals surface area contributed by atoms with Crippen molar-refractivity contribution in [2.45, 2.75) is 13.3 Å². The lowest BCUT2D eigenvalue weighted by molar-refractivity contribution is -0.143. The molecule has 0 saturated carbocycles. The average Bonchev–Trinajstić information content (AvgIpc) is 2.12. The number of carbonyl (C=O) groups is 3. The Morgan fingerprint density at radius 3 is 2.53 bits per heavy atom. The number of nitrogens with two attached hydrogens (primary N) is 1. The molecule has 0 rings (SSSR count). The smallest absolute Gasteiger partial charge is 0.318 e. The highest BCUT2D eigenvalue weighted by molar-refractivity contribution is 5.94. The highest BCUT2D eigenvalue weighted by atomic mass is 16.5. The predicted octanol–water partition coefficient (Wildman–Crippen LogP) is -1.28. The Kier molecular flexibility index (Phi) is 6.90. The molecule has 0 aromatic rings. The van der Waals surface area contributed by atoms with Crippen LogP contribution in [0.2, 0.25) is 0 Å². The molecule has 86 valence electrons. The minimum atomic E-state index is -0.896. The van der Waals surface area contributed by atoms with E-state index in [-0.39, 0.29) is 18.9 Å². The lowest BCUT2D eigenvalue weighted by Gasteiger charge is -2.03. The summed E-state index contributed by atoms with van der Waals surface area (Å²) in [4.78, 5) is 31.9. The molecule has 0 aliphatic rings. The summed E-state index contributed by atoms with van der Waals surface area (Å²) in [7, 11) is 0. The Morgan fingerprint density at radius 1 is 1.33 bits per heavy atom. The van der Waals surface area contributed by atoms with Crippen molar-refractivity contribution in [2.24, 2.45) is 5.73 Å². The van der Waals surface area contributed by atoms with Gasteiger partial charge in [0, 0.05) is 6.54 Å². The van der Waals surface area contributed by atoms with E-state index in [1.807, 2.05) is 5.32 Å². The van der Waals surface area contributed by atoms with E-state index in [4.69, 9.17) is 5.73 Å². The van der Waals surface area contributed by atoms with Crippen LogP contribution < -0.4 is 16.4 Å². The Bertz CT molecular complexity index is 242. The molecular formula is C8H15N3O4. The maximum atomic E-state index is 10.8. The third kappa shape index (κ3) is 8.69. The molecule has 0 radical (unpaired) electrons. The number of ether oxygens (including phenoxy) is 1. The van der Waals surface area contributed by atoms with Gasteiger partial charge in [-0.1, -0.05) is 0 Å². The van der Waals surface area contributed by atoms with Crippen LogP contribution in [0, 0.1) is 0 Å². The standard InChI is InChI=1S/C8H15N3O4/c1-2-15-7(13)3-4-10-5-6(12)11-8(9)14/h10H,2-5H2,1H3,(H3,9,11,12,14). The molecule has 0 aliphatic carbocycles. The van der Waals surface area contributed by atoms with Gasteiger partial charge in [-0.25, -0.2) is 4.79 Å². The van der Waals surface area contributed by atoms with Crippen molar-refractivity contribution >= 4 is 17.9 Å². The Balaban J connectivity index is 3.42. The maximum absolute atomic E-state index is 10.8. The van der Waals surface area contributed by atoms with Crippen LogP contribution >= 0.6 is 0 Å². The number of carbonyl (C=O) groups excluding carboxylic acids is 3. The summed E-state index contributed by atoms with van der Waals surface area (Å²) in [6.07, 6.45) is 0.178. The van der Waals surface area contributed by atoms with Crippen LogP contribution in [0.4, 0.5) is 4.79 Å². The lowest BCUT2D eigenvalue weighted by Crippen LogP contribution is -2.41. The monoisotopic (exact) mass is 217 g/mol. The number of amides is 3. The maximum Gasteiger partial charge on any atom is 0.318 e. The minimum absolute atomic E-state index is 0.0671. The first-order chi connectivity index (χ1) is 7.06. The first kappa shape index (κ1) is 13.4. The second-order valence-corrected chi connectivity index (χ2v) is 2.64. The van der Waals surface area contributed by atoms with E-state index < -0.39 is 11.9 Å². The number of hydrogen-bond donors (Lipinski definition) is 3. The van der Waals surface area contributed by atoms with Gasteiger partial charge in [0.2, 0.25) is 5.91 Å². The van der Waals surface area contributed by atoms with Crippen molar-refractivity contribution < 1.29 is 19.1 Å². The first-order valence-electron chi connectivity index (χ1n) is 4.52. The predicted molar refractivity (Wildman–Crippen MR) is 51.8 cm³/mol. The number of nitrogens with one attached hydrogen (secondary N) is 2. The fourth-order valence-electron chi connectivity index (χ4n) is 0.807. The molecule has 7 heteroatoms. The highest BCUT2D eigenvalue weighted by Gasteiger charge is 2.04. The zero-order valence-corrected chi connectivity index (χ0v) is 8.54. The van der Waals surface area contributed by atoms with Gasteiger partial charge in [0.05, 0.1) is 19.6 Å². The first-order valence-corrected chi connectivity index (χ1v) is 4.52. The van der Waals surface area contributed by atoms with Crippen molar-refractivity contribution in [1.82, 2.24) is 10.6 Å². The quantitative estimate of drug-likeness (QED) is 0.379. The van der Waals surface area contributed by atoms with Gasteiger partial charge in [-0.15, -0.1) is 0 Å². The van der Waals surface area contributed by atoms with Crippen LogP contribution in [-0.4, -0.2) is 37.6 Å². The zero-order chi connectivity index (χ0) is 11.7. The van der Waals surface area contributed by atoms with Crippen LogP contribution in [0.3, 0.4) is 0 Å². The number of primary amides is 1. The van der Waals surface area contributed by atoms with Gasteiger partial charge in [-0.2, -0.15) is 0 Å². The molecule has 0 unspecified atom stereocenters. The van der Waals surface area contributed by atoms with Gasteiger partial charge in [0.1, 0.15) is 0 Å².